The van der Waals surface area contributed by atoms with Gasteiger partial charge >= 0.3 is 6.18 Å². The number of rotatable bonds is 3. The largest absolute Gasteiger partial charge is 0.416 e. The molecule has 1 rings (SSSR count). The molecule has 82 valence electrons. The van der Waals surface area contributed by atoms with E-state index in [1.807, 2.05) is 6.92 Å². The summed E-state index contributed by atoms with van der Waals surface area (Å²) in [6.07, 6.45) is -3.79. The van der Waals surface area contributed by atoms with Crippen LogP contribution in [-0.4, -0.2) is 12.0 Å². The van der Waals surface area contributed by atoms with E-state index in [0.717, 1.165) is 12.1 Å². The second-order valence-corrected chi connectivity index (χ2v) is 4.11. The maximum absolute atomic E-state index is 12.3. The van der Waals surface area contributed by atoms with Gasteiger partial charge in [-0.15, -0.1) is 11.8 Å². The fraction of sp³-hybridized carbons (Fsp3) is 0.300. The van der Waals surface area contributed by atoms with Gasteiger partial charge in [0.1, 0.15) is 0 Å². The Bertz CT molecular complexity index is 360. The Kier molecular flexibility index (Phi) is 3.79. The van der Waals surface area contributed by atoms with Crippen LogP contribution in [0.3, 0.4) is 0 Å². The van der Waals surface area contributed by atoms with Gasteiger partial charge < -0.3 is 0 Å². The Hall–Kier alpha value is -0.970. The van der Waals surface area contributed by atoms with Crippen LogP contribution in [0.5, 0.6) is 0 Å². The second-order valence-electron chi connectivity index (χ2n) is 2.80. The van der Waals surface area contributed by atoms with Crippen LogP contribution in [-0.2, 0) is 6.18 Å². The van der Waals surface area contributed by atoms with Crippen molar-refractivity contribution in [3.05, 3.63) is 29.3 Å². The first-order valence-corrected chi connectivity index (χ1v) is 5.26. The van der Waals surface area contributed by atoms with Gasteiger partial charge in [0.05, 0.1) is 5.56 Å². The van der Waals surface area contributed by atoms with Gasteiger partial charge in [0, 0.05) is 10.5 Å². The van der Waals surface area contributed by atoms with Gasteiger partial charge in [0.2, 0.25) is 0 Å². The third-order valence-electron chi connectivity index (χ3n) is 1.77. The van der Waals surface area contributed by atoms with Crippen molar-refractivity contribution in [1.29, 1.82) is 0 Å². The van der Waals surface area contributed by atoms with Crippen LogP contribution in [0.1, 0.15) is 22.8 Å². The van der Waals surface area contributed by atoms with Gasteiger partial charge in [-0.05, 0) is 24.0 Å². The summed E-state index contributed by atoms with van der Waals surface area (Å²) in [5, 5.41) is 0. The smallest absolute Gasteiger partial charge is 0.298 e. The molecular weight excluding hydrogens is 225 g/mol. The van der Waals surface area contributed by atoms with Gasteiger partial charge in [-0.25, -0.2) is 0 Å². The summed E-state index contributed by atoms with van der Waals surface area (Å²) in [6, 6.07) is 3.13. The lowest BCUT2D eigenvalue weighted by Gasteiger charge is -2.09. The van der Waals surface area contributed by atoms with Gasteiger partial charge in [-0.3, -0.25) is 4.79 Å². The summed E-state index contributed by atoms with van der Waals surface area (Å²) in [5.41, 5.74) is -0.418. The molecule has 0 atom stereocenters. The minimum Gasteiger partial charge on any atom is -0.298 e. The van der Waals surface area contributed by atoms with Gasteiger partial charge in [0.15, 0.2) is 6.29 Å². The zero-order valence-corrected chi connectivity index (χ0v) is 8.78. The third-order valence-corrected chi connectivity index (χ3v) is 2.72. The van der Waals surface area contributed by atoms with Crippen LogP contribution >= 0.6 is 11.8 Å². The van der Waals surface area contributed by atoms with Crippen LogP contribution in [0.4, 0.5) is 13.2 Å². The fourth-order valence-electron chi connectivity index (χ4n) is 1.09. The maximum atomic E-state index is 12.3. The van der Waals surface area contributed by atoms with Crippen molar-refractivity contribution in [3.63, 3.8) is 0 Å². The highest BCUT2D eigenvalue weighted by Gasteiger charge is 2.30. The zero-order valence-electron chi connectivity index (χ0n) is 7.97. The quantitative estimate of drug-likeness (QED) is 0.586. The van der Waals surface area contributed by atoms with Crippen molar-refractivity contribution in [3.8, 4) is 0 Å². The van der Waals surface area contributed by atoms with E-state index in [4.69, 9.17) is 0 Å². The molecule has 0 heterocycles. The minimum atomic E-state index is -4.36. The van der Waals surface area contributed by atoms with E-state index in [9.17, 15) is 18.0 Å². The molecule has 0 amide bonds. The number of thioether (sulfide) groups is 1. The molecule has 0 bridgehead atoms. The molecule has 0 fully saturated rings. The molecular formula is C10H9F3OS. The molecule has 0 N–H and O–H groups in total. The number of carbonyl (C=O) groups is 1. The Labute approximate surface area is 89.7 Å². The summed E-state index contributed by atoms with van der Waals surface area (Å²) >= 11 is 1.23. The number of hydrogen-bond donors (Lipinski definition) is 0. The van der Waals surface area contributed by atoms with Crippen LogP contribution in [0.15, 0.2) is 23.1 Å². The third kappa shape index (κ3) is 2.99. The maximum Gasteiger partial charge on any atom is 0.416 e. The molecule has 0 aromatic heterocycles. The standard InChI is InChI=1S/C10H9F3OS/c1-2-15-9-5-8(10(11,12)13)4-3-7(9)6-14/h3-6H,2H2,1H3. The average molecular weight is 234 g/mol. The second kappa shape index (κ2) is 4.70. The predicted molar refractivity (Wildman–Crippen MR) is 53.2 cm³/mol. The number of hydrogen-bond acceptors (Lipinski definition) is 2. The summed E-state index contributed by atoms with van der Waals surface area (Å²) < 4.78 is 37.0. The van der Waals surface area contributed by atoms with Crippen LogP contribution < -0.4 is 0 Å². The highest BCUT2D eigenvalue weighted by molar-refractivity contribution is 7.99. The molecule has 1 aromatic carbocycles. The molecule has 0 aliphatic rings. The van der Waals surface area contributed by atoms with Crippen molar-refractivity contribution in [2.24, 2.45) is 0 Å². The van der Waals surface area contributed by atoms with Crippen LogP contribution in [0.25, 0.3) is 0 Å². The Balaban J connectivity index is 3.15. The molecule has 1 aromatic rings. The van der Waals surface area contributed by atoms with E-state index < -0.39 is 11.7 Å². The van der Waals surface area contributed by atoms with Gasteiger partial charge in [-0.1, -0.05) is 6.92 Å². The molecule has 0 radical (unpaired) electrons. The van der Waals surface area contributed by atoms with Gasteiger partial charge in [-0.2, -0.15) is 13.2 Å². The molecule has 0 saturated carbocycles. The van der Waals surface area contributed by atoms with Crippen LogP contribution in [0, 0.1) is 0 Å². The number of benzene rings is 1. The lowest BCUT2D eigenvalue weighted by atomic mass is 10.1. The molecule has 0 aliphatic heterocycles. The number of carbonyl (C=O) groups excluding carboxylic acids is 1. The van der Waals surface area contributed by atoms with E-state index >= 15 is 0 Å². The molecule has 15 heavy (non-hydrogen) atoms. The molecule has 1 nitrogen and oxygen atoms in total. The van der Waals surface area contributed by atoms with Crippen molar-refractivity contribution < 1.29 is 18.0 Å². The van der Waals surface area contributed by atoms with Crippen LogP contribution in [0.2, 0.25) is 0 Å². The molecule has 0 unspecified atom stereocenters. The average Bonchev–Trinajstić information content (AvgIpc) is 2.17. The van der Waals surface area contributed by atoms with Crippen molar-refractivity contribution >= 4 is 18.0 Å². The van der Waals surface area contributed by atoms with Crippen molar-refractivity contribution in [2.45, 2.75) is 18.0 Å². The van der Waals surface area contributed by atoms with E-state index in [1.54, 1.807) is 0 Å². The minimum absolute atomic E-state index is 0.301. The SMILES string of the molecule is CCSc1cc(C(F)(F)F)ccc1C=O. The fourth-order valence-corrected chi connectivity index (χ4v) is 1.89. The van der Waals surface area contributed by atoms with E-state index in [1.165, 1.54) is 17.8 Å². The van der Waals surface area contributed by atoms with E-state index in [2.05, 4.69) is 0 Å². The predicted octanol–water partition coefficient (Wildman–Crippen LogP) is 3.63. The summed E-state index contributed by atoms with van der Waals surface area (Å²) in [5.74, 6) is 0.627. The summed E-state index contributed by atoms with van der Waals surface area (Å²) in [4.78, 5) is 10.9. The number of aldehydes is 1. The van der Waals surface area contributed by atoms with Gasteiger partial charge in [0.25, 0.3) is 0 Å². The molecule has 5 heteroatoms. The zero-order chi connectivity index (χ0) is 11.5. The topological polar surface area (TPSA) is 17.1 Å². The lowest BCUT2D eigenvalue weighted by molar-refractivity contribution is -0.137. The highest BCUT2D eigenvalue weighted by Crippen LogP contribution is 2.33. The Morgan fingerprint density at radius 3 is 2.53 bits per heavy atom. The summed E-state index contributed by atoms with van der Waals surface area (Å²) in [6.45, 7) is 1.82. The number of alkyl halides is 3. The lowest BCUT2D eigenvalue weighted by Crippen LogP contribution is -2.05. The Morgan fingerprint density at radius 2 is 2.07 bits per heavy atom. The molecule has 0 spiro atoms. The van der Waals surface area contributed by atoms with Crippen molar-refractivity contribution in [1.82, 2.24) is 0 Å². The van der Waals surface area contributed by atoms with Crippen molar-refractivity contribution in [2.75, 3.05) is 5.75 Å². The Morgan fingerprint density at radius 1 is 1.40 bits per heavy atom. The monoisotopic (exact) mass is 234 g/mol. The molecule has 0 saturated heterocycles. The normalized spacial score (nSPS) is 11.5. The molecule has 0 aliphatic carbocycles. The highest BCUT2D eigenvalue weighted by atomic mass is 32.2. The first-order chi connectivity index (χ1) is 6.99. The van der Waals surface area contributed by atoms with E-state index in [-0.39, 0.29) is 0 Å². The first-order valence-electron chi connectivity index (χ1n) is 4.28. The van der Waals surface area contributed by atoms with E-state index in [0.29, 0.717) is 22.5 Å². The summed E-state index contributed by atoms with van der Waals surface area (Å²) in [7, 11) is 0. The first kappa shape index (κ1) is 12.1. The number of halogens is 3.